The maximum atomic E-state index is 6.94. The van der Waals surface area contributed by atoms with Gasteiger partial charge < -0.3 is 14.2 Å². The Bertz CT molecular complexity index is 783. The van der Waals surface area contributed by atoms with E-state index in [1.807, 2.05) is 18.2 Å². The summed E-state index contributed by atoms with van der Waals surface area (Å²) < 4.78 is 18.5. The van der Waals surface area contributed by atoms with Crippen molar-refractivity contribution >= 4 is 0 Å². The van der Waals surface area contributed by atoms with E-state index in [0.717, 1.165) is 16.7 Å². The van der Waals surface area contributed by atoms with Gasteiger partial charge >= 0.3 is 0 Å². The number of benzene rings is 3. The Morgan fingerprint density at radius 2 is 1.15 bits per heavy atom. The number of hydrogen-bond acceptors (Lipinski definition) is 3. The normalized spacial score (nSPS) is 24.2. The summed E-state index contributed by atoms with van der Waals surface area (Å²) in [6.45, 7) is 1.22. The molecule has 27 heavy (non-hydrogen) atoms. The average Bonchev–Trinajstić information content (AvgIpc) is 3.55. The SMILES string of the molecule is c1ccc(C(O[C@@H]2COC[C@H]3O[C@H]32)(c2ccccc2)c2ccccc2)cc1. The molecule has 0 N–H and O–H groups in total. The highest BCUT2D eigenvalue weighted by molar-refractivity contribution is 5.47. The van der Waals surface area contributed by atoms with Crippen molar-refractivity contribution in [2.24, 2.45) is 0 Å². The second-order valence-electron chi connectivity index (χ2n) is 7.11. The van der Waals surface area contributed by atoms with Crippen molar-refractivity contribution in [3.63, 3.8) is 0 Å². The lowest BCUT2D eigenvalue weighted by Crippen LogP contribution is -2.43. The maximum absolute atomic E-state index is 6.94. The van der Waals surface area contributed by atoms with Gasteiger partial charge in [-0.05, 0) is 16.7 Å². The molecule has 136 valence electrons. The van der Waals surface area contributed by atoms with Gasteiger partial charge in [0.1, 0.15) is 23.9 Å². The lowest BCUT2D eigenvalue weighted by atomic mass is 9.79. The van der Waals surface area contributed by atoms with E-state index >= 15 is 0 Å². The van der Waals surface area contributed by atoms with E-state index in [9.17, 15) is 0 Å². The minimum Gasteiger partial charge on any atom is -0.376 e. The number of rotatable bonds is 5. The largest absolute Gasteiger partial charge is 0.376 e. The minimum atomic E-state index is -0.717. The Labute approximate surface area is 159 Å². The molecule has 5 rings (SSSR count). The van der Waals surface area contributed by atoms with Gasteiger partial charge in [-0.15, -0.1) is 0 Å². The Kier molecular flexibility index (Phi) is 4.29. The zero-order chi connectivity index (χ0) is 18.1. The predicted octanol–water partition coefficient (Wildman–Crippen LogP) is 4.16. The summed E-state index contributed by atoms with van der Waals surface area (Å²) in [5.74, 6) is 0. The van der Waals surface area contributed by atoms with E-state index in [-0.39, 0.29) is 18.3 Å². The van der Waals surface area contributed by atoms with Gasteiger partial charge in [0.05, 0.1) is 13.2 Å². The molecular formula is C24H22O3. The zero-order valence-electron chi connectivity index (χ0n) is 15.0. The molecule has 0 aliphatic carbocycles. The summed E-state index contributed by atoms with van der Waals surface area (Å²) >= 11 is 0. The highest BCUT2D eigenvalue weighted by Crippen LogP contribution is 2.44. The Hall–Kier alpha value is -2.46. The average molecular weight is 358 g/mol. The van der Waals surface area contributed by atoms with Gasteiger partial charge in [0.2, 0.25) is 0 Å². The molecule has 2 aliphatic rings. The zero-order valence-corrected chi connectivity index (χ0v) is 15.0. The molecule has 0 aromatic heterocycles. The fourth-order valence-corrected chi connectivity index (χ4v) is 4.06. The summed E-state index contributed by atoms with van der Waals surface area (Å²) in [5, 5.41) is 0. The lowest BCUT2D eigenvalue weighted by Gasteiger charge is -2.39. The first-order chi connectivity index (χ1) is 13.4. The quantitative estimate of drug-likeness (QED) is 0.507. The lowest BCUT2D eigenvalue weighted by molar-refractivity contribution is -0.0987. The van der Waals surface area contributed by atoms with Gasteiger partial charge in [-0.3, -0.25) is 0 Å². The van der Waals surface area contributed by atoms with E-state index < -0.39 is 5.60 Å². The second kappa shape index (κ2) is 6.93. The van der Waals surface area contributed by atoms with Crippen LogP contribution in [0, 0.1) is 0 Å². The number of fused-ring (bicyclic) bond motifs is 1. The van der Waals surface area contributed by atoms with Crippen LogP contribution >= 0.6 is 0 Å². The summed E-state index contributed by atoms with van der Waals surface area (Å²) in [6, 6.07) is 31.3. The van der Waals surface area contributed by atoms with Gasteiger partial charge in [-0.1, -0.05) is 91.0 Å². The molecule has 3 nitrogen and oxygen atoms in total. The molecule has 0 amide bonds. The molecular weight excluding hydrogens is 336 g/mol. The molecule has 2 fully saturated rings. The minimum absolute atomic E-state index is 0.107. The first kappa shape index (κ1) is 16.7. The second-order valence-corrected chi connectivity index (χ2v) is 7.11. The van der Waals surface area contributed by atoms with Crippen LogP contribution in [0.4, 0.5) is 0 Å². The van der Waals surface area contributed by atoms with Crippen molar-refractivity contribution in [2.45, 2.75) is 23.9 Å². The predicted molar refractivity (Wildman–Crippen MR) is 104 cm³/mol. The monoisotopic (exact) mass is 358 g/mol. The molecule has 0 unspecified atom stereocenters. The smallest absolute Gasteiger partial charge is 0.144 e. The van der Waals surface area contributed by atoms with Crippen molar-refractivity contribution in [3.8, 4) is 0 Å². The van der Waals surface area contributed by atoms with Crippen LogP contribution in [0.5, 0.6) is 0 Å². The van der Waals surface area contributed by atoms with Gasteiger partial charge in [-0.25, -0.2) is 0 Å². The topological polar surface area (TPSA) is 31.0 Å². The number of hydrogen-bond donors (Lipinski definition) is 0. The van der Waals surface area contributed by atoms with Crippen LogP contribution in [0.3, 0.4) is 0 Å². The van der Waals surface area contributed by atoms with Crippen molar-refractivity contribution in [2.75, 3.05) is 13.2 Å². The molecule has 2 aliphatic heterocycles. The van der Waals surface area contributed by atoms with Crippen LogP contribution in [0.1, 0.15) is 16.7 Å². The van der Waals surface area contributed by atoms with E-state index in [4.69, 9.17) is 14.2 Å². The summed E-state index contributed by atoms with van der Waals surface area (Å²) in [7, 11) is 0. The van der Waals surface area contributed by atoms with Crippen molar-refractivity contribution in [3.05, 3.63) is 108 Å². The molecule has 3 heteroatoms. The Morgan fingerprint density at radius 3 is 1.63 bits per heavy atom. The number of epoxide rings is 1. The summed E-state index contributed by atoms with van der Waals surface area (Å²) in [4.78, 5) is 0. The molecule has 0 saturated carbocycles. The van der Waals surface area contributed by atoms with Crippen LogP contribution in [0.15, 0.2) is 91.0 Å². The van der Waals surface area contributed by atoms with Crippen LogP contribution in [0.25, 0.3) is 0 Å². The van der Waals surface area contributed by atoms with Crippen LogP contribution < -0.4 is 0 Å². The third-order valence-corrected chi connectivity index (χ3v) is 5.42. The first-order valence-electron chi connectivity index (χ1n) is 9.45. The summed E-state index contributed by atoms with van der Waals surface area (Å²) in [6.07, 6.45) is 0.183. The van der Waals surface area contributed by atoms with E-state index in [1.165, 1.54) is 0 Å². The molecule has 2 saturated heterocycles. The molecule has 3 atom stereocenters. The van der Waals surface area contributed by atoms with Gasteiger partial charge in [0.15, 0.2) is 0 Å². The van der Waals surface area contributed by atoms with Crippen molar-refractivity contribution < 1.29 is 14.2 Å². The first-order valence-corrected chi connectivity index (χ1v) is 9.45. The molecule has 0 bridgehead atoms. The molecule has 0 spiro atoms. The highest BCUT2D eigenvalue weighted by Gasteiger charge is 2.52. The van der Waals surface area contributed by atoms with E-state index in [2.05, 4.69) is 72.8 Å². The standard InChI is InChI=1S/C24H22O3/c1-4-10-18(11-5-1)24(19-12-6-2-7-13-19,20-14-8-3-9-15-20)27-22-17-25-16-21-23(22)26-21/h1-15,21-23H,16-17H2/t21-,22-,23-/m1/s1. The molecule has 3 aromatic rings. The molecule has 2 heterocycles. The van der Waals surface area contributed by atoms with Gasteiger partial charge in [-0.2, -0.15) is 0 Å². The maximum Gasteiger partial charge on any atom is 0.144 e. The van der Waals surface area contributed by atoms with Crippen LogP contribution in [-0.2, 0) is 19.8 Å². The number of ether oxygens (including phenoxy) is 3. The van der Waals surface area contributed by atoms with Crippen molar-refractivity contribution in [1.82, 2.24) is 0 Å². The summed E-state index contributed by atoms with van der Waals surface area (Å²) in [5.41, 5.74) is 2.59. The van der Waals surface area contributed by atoms with Gasteiger partial charge in [0, 0.05) is 0 Å². The van der Waals surface area contributed by atoms with Gasteiger partial charge in [0.25, 0.3) is 0 Å². The Balaban J connectivity index is 1.69. The highest BCUT2D eigenvalue weighted by atomic mass is 16.7. The van der Waals surface area contributed by atoms with E-state index in [1.54, 1.807) is 0 Å². The fourth-order valence-electron chi connectivity index (χ4n) is 4.06. The van der Waals surface area contributed by atoms with Crippen molar-refractivity contribution in [1.29, 1.82) is 0 Å². The Morgan fingerprint density at radius 1 is 0.667 bits per heavy atom. The molecule has 3 aromatic carbocycles. The third kappa shape index (κ3) is 2.98. The van der Waals surface area contributed by atoms with Crippen LogP contribution in [-0.4, -0.2) is 31.5 Å². The van der Waals surface area contributed by atoms with Crippen LogP contribution in [0.2, 0.25) is 0 Å². The van der Waals surface area contributed by atoms with E-state index in [0.29, 0.717) is 13.2 Å². The fraction of sp³-hybridized carbons (Fsp3) is 0.250. The molecule has 0 radical (unpaired) electrons. The third-order valence-electron chi connectivity index (χ3n) is 5.42.